The number of hydrogen-bond acceptors (Lipinski definition) is 5. The van der Waals surface area contributed by atoms with Crippen molar-refractivity contribution in [2.24, 2.45) is 0 Å². The summed E-state index contributed by atoms with van der Waals surface area (Å²) >= 11 is 0. The first-order valence-electron chi connectivity index (χ1n) is 4.57. The molecule has 0 bridgehead atoms. The van der Waals surface area contributed by atoms with E-state index in [0.29, 0.717) is 0 Å². The van der Waals surface area contributed by atoms with Gasteiger partial charge in [0, 0.05) is 13.2 Å². The fourth-order valence-corrected chi connectivity index (χ4v) is 2.49. The summed E-state index contributed by atoms with van der Waals surface area (Å²) in [5.74, 6) is -0.593. The number of nitrogens with one attached hydrogen (secondary N) is 1. The fraction of sp³-hybridized carbons (Fsp3) is 0.333. The van der Waals surface area contributed by atoms with Gasteiger partial charge in [-0.25, -0.2) is 13.4 Å². The predicted molar refractivity (Wildman–Crippen MR) is 59.4 cm³/mol. The Morgan fingerprint density at radius 1 is 1.56 bits per heavy atom. The van der Waals surface area contributed by atoms with Crippen LogP contribution in [0.5, 0.6) is 0 Å². The Kier molecular flexibility index (Phi) is 3.48. The molecule has 1 rings (SSSR count). The van der Waals surface area contributed by atoms with E-state index in [9.17, 15) is 13.2 Å². The number of nitrogens with two attached hydrogens (primary N) is 1. The lowest BCUT2D eigenvalue weighted by atomic mass is 10.4. The molecular weight excluding hydrogens is 230 g/mol. The van der Waals surface area contributed by atoms with Gasteiger partial charge in [-0.05, 0) is 19.1 Å². The zero-order valence-corrected chi connectivity index (χ0v) is 9.78. The highest BCUT2D eigenvalue weighted by Crippen LogP contribution is 2.19. The van der Waals surface area contributed by atoms with Crippen LogP contribution in [0.15, 0.2) is 23.4 Å². The van der Waals surface area contributed by atoms with Gasteiger partial charge < -0.3 is 11.1 Å². The average molecular weight is 243 g/mol. The molecule has 7 heteroatoms. The summed E-state index contributed by atoms with van der Waals surface area (Å²) in [5, 5.41) is 0.802. The molecule has 1 amide bonds. The maximum atomic E-state index is 12.0. The van der Waals surface area contributed by atoms with Gasteiger partial charge in [0.15, 0.2) is 5.03 Å². The minimum Gasteiger partial charge on any atom is -0.396 e. The van der Waals surface area contributed by atoms with E-state index in [4.69, 9.17) is 5.73 Å². The van der Waals surface area contributed by atoms with E-state index < -0.39 is 21.0 Å². The van der Waals surface area contributed by atoms with Crippen LogP contribution in [0.4, 0.5) is 5.69 Å². The van der Waals surface area contributed by atoms with Crippen LogP contribution in [0.3, 0.4) is 0 Å². The summed E-state index contributed by atoms with van der Waals surface area (Å²) < 4.78 is 23.9. The standard InChI is InChI=1S/C9H13N3O3S/c1-6(8(13)11-2)16(14,15)9-7(10)4-3-5-12-9/h3-6H,10H2,1-2H3,(H,11,13). The van der Waals surface area contributed by atoms with Gasteiger partial charge in [0.2, 0.25) is 15.7 Å². The maximum Gasteiger partial charge on any atom is 0.238 e. The van der Waals surface area contributed by atoms with Gasteiger partial charge in [0.05, 0.1) is 5.69 Å². The topological polar surface area (TPSA) is 102 Å². The molecule has 1 unspecified atom stereocenters. The first kappa shape index (κ1) is 12.4. The molecule has 1 heterocycles. The van der Waals surface area contributed by atoms with Crippen LogP contribution in [-0.2, 0) is 14.6 Å². The summed E-state index contributed by atoms with van der Waals surface area (Å²) in [6.45, 7) is 1.29. The van der Waals surface area contributed by atoms with Crippen LogP contribution >= 0.6 is 0 Å². The van der Waals surface area contributed by atoms with Crippen LogP contribution in [0.1, 0.15) is 6.92 Å². The highest BCUT2D eigenvalue weighted by atomic mass is 32.2. The lowest BCUT2D eigenvalue weighted by molar-refractivity contribution is -0.119. The van der Waals surface area contributed by atoms with Crippen LogP contribution in [0, 0.1) is 0 Å². The Bertz CT molecular complexity index is 498. The number of carbonyl (C=O) groups excluding carboxylic acids is 1. The Morgan fingerprint density at radius 2 is 2.19 bits per heavy atom. The summed E-state index contributed by atoms with van der Waals surface area (Å²) in [6, 6.07) is 2.95. The molecule has 0 aliphatic carbocycles. The molecule has 0 spiro atoms. The van der Waals surface area contributed by atoms with Gasteiger partial charge in [0.1, 0.15) is 5.25 Å². The molecule has 6 nitrogen and oxygen atoms in total. The second-order valence-corrected chi connectivity index (χ2v) is 5.38. The van der Waals surface area contributed by atoms with Crippen molar-refractivity contribution in [2.45, 2.75) is 17.2 Å². The van der Waals surface area contributed by atoms with E-state index in [-0.39, 0.29) is 10.7 Å². The highest BCUT2D eigenvalue weighted by Gasteiger charge is 2.31. The van der Waals surface area contributed by atoms with E-state index in [1.54, 1.807) is 0 Å². The monoisotopic (exact) mass is 243 g/mol. The minimum absolute atomic E-state index is 0.0400. The lowest BCUT2D eigenvalue weighted by Crippen LogP contribution is -2.36. The van der Waals surface area contributed by atoms with Crippen molar-refractivity contribution in [1.29, 1.82) is 0 Å². The van der Waals surface area contributed by atoms with Crippen molar-refractivity contribution in [3.8, 4) is 0 Å². The van der Waals surface area contributed by atoms with E-state index in [1.165, 1.54) is 32.3 Å². The number of aromatic nitrogens is 1. The van der Waals surface area contributed by atoms with Crippen molar-refractivity contribution < 1.29 is 13.2 Å². The molecule has 0 saturated heterocycles. The second kappa shape index (κ2) is 4.48. The number of sulfone groups is 1. The molecule has 0 saturated carbocycles. The number of carbonyl (C=O) groups is 1. The van der Waals surface area contributed by atoms with Gasteiger partial charge >= 0.3 is 0 Å². The number of anilines is 1. The average Bonchev–Trinajstić information content (AvgIpc) is 2.27. The number of nitrogen functional groups attached to an aromatic ring is 1. The van der Waals surface area contributed by atoms with Crippen molar-refractivity contribution in [3.05, 3.63) is 18.3 Å². The molecule has 1 atom stereocenters. The SMILES string of the molecule is CNC(=O)C(C)S(=O)(=O)c1ncccc1N. The first-order valence-corrected chi connectivity index (χ1v) is 6.12. The van der Waals surface area contributed by atoms with Crippen molar-refractivity contribution in [2.75, 3.05) is 12.8 Å². The van der Waals surface area contributed by atoms with E-state index in [1.807, 2.05) is 0 Å². The third-order valence-corrected chi connectivity index (χ3v) is 4.18. The third-order valence-electron chi connectivity index (χ3n) is 2.15. The van der Waals surface area contributed by atoms with E-state index in [0.717, 1.165) is 0 Å². The van der Waals surface area contributed by atoms with Crippen molar-refractivity contribution in [3.63, 3.8) is 0 Å². The summed E-state index contributed by atoms with van der Waals surface area (Å²) in [4.78, 5) is 15.0. The van der Waals surface area contributed by atoms with E-state index >= 15 is 0 Å². The van der Waals surface area contributed by atoms with Crippen LogP contribution < -0.4 is 11.1 Å². The van der Waals surface area contributed by atoms with Crippen molar-refractivity contribution >= 4 is 21.4 Å². The van der Waals surface area contributed by atoms with Gasteiger partial charge in [-0.1, -0.05) is 0 Å². The largest absolute Gasteiger partial charge is 0.396 e. The molecular formula is C9H13N3O3S. The van der Waals surface area contributed by atoms with Gasteiger partial charge in [-0.15, -0.1) is 0 Å². The molecule has 3 N–H and O–H groups in total. The Morgan fingerprint density at radius 3 is 2.69 bits per heavy atom. The molecule has 0 aromatic carbocycles. The second-order valence-electron chi connectivity index (χ2n) is 3.20. The number of pyridine rings is 1. The van der Waals surface area contributed by atoms with Gasteiger partial charge in [-0.2, -0.15) is 0 Å². The molecule has 0 aliphatic heterocycles. The smallest absolute Gasteiger partial charge is 0.238 e. The van der Waals surface area contributed by atoms with Crippen LogP contribution in [0.2, 0.25) is 0 Å². The fourth-order valence-electron chi connectivity index (χ4n) is 1.15. The van der Waals surface area contributed by atoms with Crippen LogP contribution in [0.25, 0.3) is 0 Å². The number of rotatable bonds is 3. The summed E-state index contributed by atoms with van der Waals surface area (Å²) in [6.07, 6.45) is 1.32. The Hall–Kier alpha value is -1.63. The van der Waals surface area contributed by atoms with Gasteiger partial charge in [-0.3, -0.25) is 4.79 Å². The maximum absolute atomic E-state index is 12.0. The lowest BCUT2D eigenvalue weighted by Gasteiger charge is -2.11. The summed E-state index contributed by atoms with van der Waals surface area (Å²) in [5.41, 5.74) is 5.55. The molecule has 0 fully saturated rings. The Balaban J connectivity index is 3.23. The molecule has 0 aliphatic rings. The zero-order chi connectivity index (χ0) is 12.3. The quantitative estimate of drug-likeness (QED) is 0.750. The predicted octanol–water partition coefficient (Wildman–Crippen LogP) is -0.428. The first-order chi connectivity index (χ1) is 7.41. The van der Waals surface area contributed by atoms with Crippen LogP contribution in [-0.4, -0.2) is 31.6 Å². The number of nitrogens with zero attached hydrogens (tertiary/aromatic N) is 1. The molecule has 0 radical (unpaired) electrons. The summed E-state index contributed by atoms with van der Waals surface area (Å²) in [7, 11) is -2.46. The third kappa shape index (κ3) is 2.13. The molecule has 88 valence electrons. The normalized spacial score (nSPS) is 13.1. The molecule has 1 aromatic rings. The zero-order valence-electron chi connectivity index (χ0n) is 8.97. The molecule has 16 heavy (non-hydrogen) atoms. The molecule has 1 aromatic heterocycles. The van der Waals surface area contributed by atoms with Crippen molar-refractivity contribution in [1.82, 2.24) is 10.3 Å². The van der Waals surface area contributed by atoms with Gasteiger partial charge in [0.25, 0.3) is 0 Å². The van der Waals surface area contributed by atoms with E-state index in [2.05, 4.69) is 10.3 Å². The highest BCUT2D eigenvalue weighted by molar-refractivity contribution is 7.92. The number of amides is 1. The Labute approximate surface area is 93.8 Å². The number of hydrogen-bond donors (Lipinski definition) is 2. The minimum atomic E-state index is -3.83.